The third-order valence-electron chi connectivity index (χ3n) is 6.82. The molecule has 5 rings (SSSR count). The molecule has 0 saturated heterocycles. The highest BCUT2D eigenvalue weighted by molar-refractivity contribution is 7.07. The number of ether oxygens (including phenoxy) is 2. The first kappa shape index (κ1) is 28.8. The van der Waals surface area contributed by atoms with Crippen LogP contribution in [-0.4, -0.2) is 34.3 Å². The van der Waals surface area contributed by atoms with Crippen molar-refractivity contribution < 1.29 is 28.6 Å². The highest BCUT2D eigenvalue weighted by atomic mass is 32.1. The summed E-state index contributed by atoms with van der Waals surface area (Å²) < 4.78 is 19.1. The van der Waals surface area contributed by atoms with Gasteiger partial charge >= 0.3 is 11.9 Å². The van der Waals surface area contributed by atoms with Crippen LogP contribution in [0.1, 0.15) is 61.0 Å². The molecule has 4 aromatic rings. The van der Waals surface area contributed by atoms with Gasteiger partial charge in [0.1, 0.15) is 17.3 Å². The molecule has 0 saturated carbocycles. The number of aromatic carboxylic acids is 1. The number of carbonyl (C=O) groups is 2. The number of fused-ring (bicyclic) bond motifs is 1. The van der Waals surface area contributed by atoms with Gasteiger partial charge in [0, 0.05) is 11.6 Å². The predicted octanol–water partition coefficient (Wildman–Crippen LogP) is 4.85. The highest BCUT2D eigenvalue weighted by Gasteiger charge is 2.34. The summed E-state index contributed by atoms with van der Waals surface area (Å²) in [5.41, 5.74) is 2.57. The molecular formula is C32H30N2O7S. The maximum atomic E-state index is 13.9. The van der Waals surface area contributed by atoms with E-state index in [4.69, 9.17) is 13.9 Å². The third-order valence-corrected chi connectivity index (χ3v) is 7.80. The normalized spacial score (nSPS) is 15.0. The molecule has 2 aromatic carbocycles. The van der Waals surface area contributed by atoms with Gasteiger partial charge in [-0.1, -0.05) is 35.6 Å². The number of thiazole rings is 1. The summed E-state index contributed by atoms with van der Waals surface area (Å²) in [5.74, 6) is 0.0309. The predicted molar refractivity (Wildman–Crippen MR) is 158 cm³/mol. The molecular weight excluding hydrogens is 556 g/mol. The average Bonchev–Trinajstić information content (AvgIpc) is 3.52. The number of carboxylic acid groups (broad SMARTS) is 1. The first-order chi connectivity index (χ1) is 20.1. The Morgan fingerprint density at radius 2 is 1.86 bits per heavy atom. The third kappa shape index (κ3) is 5.45. The lowest BCUT2D eigenvalue weighted by Crippen LogP contribution is -2.40. The first-order valence-corrected chi connectivity index (χ1v) is 14.3. The maximum Gasteiger partial charge on any atom is 0.338 e. The summed E-state index contributed by atoms with van der Waals surface area (Å²) in [4.78, 5) is 43.8. The number of carbonyl (C=O) groups excluding carboxylic acids is 1. The second kappa shape index (κ2) is 11.7. The Morgan fingerprint density at radius 1 is 1.12 bits per heavy atom. The maximum absolute atomic E-state index is 13.9. The monoisotopic (exact) mass is 586 g/mol. The van der Waals surface area contributed by atoms with Crippen molar-refractivity contribution in [3.05, 3.63) is 108 Å². The highest BCUT2D eigenvalue weighted by Crippen LogP contribution is 2.32. The number of hydrogen-bond donors (Lipinski definition) is 1. The molecule has 1 N–H and O–H groups in total. The Balaban J connectivity index is 1.61. The van der Waals surface area contributed by atoms with Crippen LogP contribution in [0.15, 0.2) is 80.1 Å². The van der Waals surface area contributed by atoms with Crippen LogP contribution in [0.3, 0.4) is 0 Å². The van der Waals surface area contributed by atoms with E-state index in [0.29, 0.717) is 61.2 Å². The molecule has 3 heterocycles. The van der Waals surface area contributed by atoms with E-state index < -0.39 is 18.0 Å². The zero-order valence-electron chi connectivity index (χ0n) is 23.8. The van der Waals surface area contributed by atoms with Gasteiger partial charge < -0.3 is 19.0 Å². The van der Waals surface area contributed by atoms with Crippen LogP contribution in [-0.2, 0) is 9.53 Å². The number of aromatic nitrogens is 1. The minimum atomic E-state index is -1.02. The lowest BCUT2D eigenvalue weighted by Gasteiger charge is -2.25. The fourth-order valence-corrected chi connectivity index (χ4v) is 5.95. The van der Waals surface area contributed by atoms with Crippen molar-refractivity contribution in [1.29, 1.82) is 0 Å². The van der Waals surface area contributed by atoms with Crippen molar-refractivity contribution in [3.8, 4) is 17.1 Å². The zero-order chi connectivity index (χ0) is 30.1. The fourth-order valence-electron chi connectivity index (χ4n) is 4.93. The molecule has 0 amide bonds. The number of esters is 1. The van der Waals surface area contributed by atoms with Crippen molar-refractivity contribution in [1.82, 2.24) is 4.57 Å². The molecule has 0 bridgehead atoms. The SMILES string of the molecule is CCOc1ccc([C@@H]2C(C(=O)OC(C)C)=C(C)N=c3s/c(=C/c4ccc(-c5cccc(C(=O)O)c5C)o4)c(=O)n32)cc1. The summed E-state index contributed by atoms with van der Waals surface area (Å²) in [5, 5.41) is 9.48. The largest absolute Gasteiger partial charge is 0.494 e. The van der Waals surface area contributed by atoms with Crippen LogP contribution in [0, 0.1) is 6.92 Å². The molecule has 216 valence electrons. The van der Waals surface area contributed by atoms with E-state index in [1.54, 1.807) is 76.2 Å². The second-order valence-electron chi connectivity index (χ2n) is 10.0. The second-order valence-corrected chi connectivity index (χ2v) is 11.0. The summed E-state index contributed by atoms with van der Waals surface area (Å²) in [6.07, 6.45) is 1.28. The van der Waals surface area contributed by atoms with Gasteiger partial charge in [-0.15, -0.1) is 0 Å². The topological polar surface area (TPSA) is 120 Å². The van der Waals surface area contributed by atoms with Crippen LogP contribution in [0.2, 0.25) is 0 Å². The van der Waals surface area contributed by atoms with Crippen molar-refractivity contribution in [2.24, 2.45) is 4.99 Å². The number of benzene rings is 2. The Bertz CT molecular complexity index is 1890. The van der Waals surface area contributed by atoms with E-state index in [1.807, 2.05) is 19.1 Å². The molecule has 0 spiro atoms. The number of allylic oxidation sites excluding steroid dienone is 1. The van der Waals surface area contributed by atoms with E-state index in [1.165, 1.54) is 15.9 Å². The lowest BCUT2D eigenvalue weighted by atomic mass is 9.96. The number of furan rings is 1. The Kier molecular flexibility index (Phi) is 8.00. The van der Waals surface area contributed by atoms with Gasteiger partial charge in [-0.05, 0) is 76.1 Å². The van der Waals surface area contributed by atoms with Gasteiger partial charge in [0.15, 0.2) is 4.80 Å². The Labute approximate surface area is 245 Å². The van der Waals surface area contributed by atoms with Crippen molar-refractivity contribution in [3.63, 3.8) is 0 Å². The van der Waals surface area contributed by atoms with Crippen molar-refractivity contribution >= 4 is 29.4 Å². The molecule has 0 fully saturated rings. The summed E-state index contributed by atoms with van der Waals surface area (Å²) in [7, 11) is 0. The molecule has 1 aliphatic rings. The molecule has 10 heteroatoms. The molecule has 2 aromatic heterocycles. The number of rotatable bonds is 8. The van der Waals surface area contributed by atoms with E-state index >= 15 is 0 Å². The van der Waals surface area contributed by atoms with E-state index in [0.717, 1.165) is 0 Å². The molecule has 0 aliphatic carbocycles. The lowest BCUT2D eigenvalue weighted by molar-refractivity contribution is -0.143. The van der Waals surface area contributed by atoms with E-state index in [9.17, 15) is 19.5 Å². The van der Waals surface area contributed by atoms with Crippen LogP contribution in [0.4, 0.5) is 0 Å². The van der Waals surface area contributed by atoms with Crippen LogP contribution >= 0.6 is 11.3 Å². The van der Waals surface area contributed by atoms with Crippen LogP contribution in [0.5, 0.6) is 5.75 Å². The first-order valence-electron chi connectivity index (χ1n) is 13.5. The summed E-state index contributed by atoms with van der Waals surface area (Å²) >= 11 is 1.19. The van der Waals surface area contributed by atoms with Gasteiger partial charge in [0.2, 0.25) is 0 Å². The van der Waals surface area contributed by atoms with Gasteiger partial charge in [-0.25, -0.2) is 14.6 Å². The molecule has 1 atom stereocenters. The minimum absolute atomic E-state index is 0.190. The van der Waals surface area contributed by atoms with E-state index in [2.05, 4.69) is 4.99 Å². The smallest absolute Gasteiger partial charge is 0.338 e. The standard InChI is InChI=1S/C32H30N2O7S/c1-6-39-21-12-10-20(11-13-21)28-27(31(38)40-17(2)3)19(5)33-32-34(28)29(35)26(42-32)16-22-14-15-25(41-22)23-8-7-9-24(18(23)4)30(36)37/h7-17,28H,6H2,1-5H3,(H,36,37)/b26-16+/t28-/m1/s1. The Hall–Kier alpha value is -4.70. The average molecular weight is 587 g/mol. The molecule has 0 radical (unpaired) electrons. The molecule has 1 aliphatic heterocycles. The summed E-state index contributed by atoms with van der Waals surface area (Å²) in [6, 6.07) is 15.0. The molecule has 0 unspecified atom stereocenters. The fraction of sp³-hybridized carbons (Fsp3) is 0.250. The number of hydrogen-bond acceptors (Lipinski definition) is 8. The van der Waals surface area contributed by atoms with E-state index in [-0.39, 0.29) is 17.2 Å². The van der Waals surface area contributed by atoms with Crippen LogP contribution < -0.4 is 19.6 Å². The molecule has 9 nitrogen and oxygen atoms in total. The van der Waals surface area contributed by atoms with Crippen LogP contribution in [0.25, 0.3) is 17.4 Å². The van der Waals surface area contributed by atoms with Gasteiger partial charge in [0.25, 0.3) is 5.56 Å². The zero-order valence-corrected chi connectivity index (χ0v) is 24.7. The number of carboxylic acids is 1. The Morgan fingerprint density at radius 3 is 2.52 bits per heavy atom. The quantitative estimate of drug-likeness (QED) is 0.293. The van der Waals surface area contributed by atoms with Crippen molar-refractivity contribution in [2.75, 3.05) is 6.61 Å². The summed E-state index contributed by atoms with van der Waals surface area (Å²) in [6.45, 7) is 9.41. The molecule has 42 heavy (non-hydrogen) atoms. The minimum Gasteiger partial charge on any atom is -0.494 e. The van der Waals surface area contributed by atoms with Crippen molar-refractivity contribution in [2.45, 2.75) is 46.8 Å². The number of nitrogens with zero attached hydrogens (tertiary/aromatic N) is 2. The van der Waals surface area contributed by atoms with Gasteiger partial charge in [0.05, 0.1) is 40.1 Å². The van der Waals surface area contributed by atoms with Gasteiger partial charge in [-0.3, -0.25) is 9.36 Å². The van der Waals surface area contributed by atoms with Gasteiger partial charge in [-0.2, -0.15) is 0 Å².